The quantitative estimate of drug-likeness (QED) is 0.364. The molecule has 0 aliphatic heterocycles. The molecule has 0 aliphatic rings. The fourth-order valence-corrected chi connectivity index (χ4v) is 0.957. The normalized spacial score (nSPS) is 15.4. The van der Waals surface area contributed by atoms with Crippen LogP contribution in [0.1, 0.15) is 13.8 Å². The van der Waals surface area contributed by atoms with Gasteiger partial charge in [0, 0.05) is 13.7 Å². The van der Waals surface area contributed by atoms with E-state index in [2.05, 4.69) is 15.9 Å². The van der Waals surface area contributed by atoms with Gasteiger partial charge in [0.2, 0.25) is 0 Å². The second-order valence-electron chi connectivity index (χ2n) is 2.62. The standard InChI is InChI=1S/C9H19BrO4/c1-4-12-9(7-14-8(2)10)13-6-5-11-3/h8-9H,4-7H2,1-3H3. The van der Waals surface area contributed by atoms with Gasteiger partial charge in [-0.2, -0.15) is 0 Å². The van der Waals surface area contributed by atoms with Crippen LogP contribution in [0.4, 0.5) is 0 Å². The van der Waals surface area contributed by atoms with E-state index in [4.69, 9.17) is 18.9 Å². The molecular formula is C9H19BrO4. The summed E-state index contributed by atoms with van der Waals surface area (Å²) in [5.41, 5.74) is 0. The minimum absolute atomic E-state index is 0.0106. The smallest absolute Gasteiger partial charge is 0.180 e. The van der Waals surface area contributed by atoms with Crippen LogP contribution in [-0.2, 0) is 18.9 Å². The van der Waals surface area contributed by atoms with Crippen LogP contribution in [0.3, 0.4) is 0 Å². The van der Waals surface area contributed by atoms with E-state index in [0.717, 1.165) is 0 Å². The molecule has 0 spiro atoms. The van der Waals surface area contributed by atoms with Crippen LogP contribution in [0.5, 0.6) is 0 Å². The fourth-order valence-electron chi connectivity index (χ4n) is 0.804. The minimum Gasteiger partial charge on any atom is -0.382 e. The van der Waals surface area contributed by atoms with Gasteiger partial charge in [-0.25, -0.2) is 0 Å². The fraction of sp³-hybridized carbons (Fsp3) is 1.00. The molecule has 0 heterocycles. The molecule has 86 valence electrons. The molecule has 5 heteroatoms. The van der Waals surface area contributed by atoms with Crippen LogP contribution >= 0.6 is 15.9 Å². The average molecular weight is 271 g/mol. The summed E-state index contributed by atoms with van der Waals surface area (Å²) in [5.74, 6) is 0. The molecule has 0 N–H and O–H groups in total. The number of methoxy groups -OCH3 is 1. The summed E-state index contributed by atoms with van der Waals surface area (Å²) >= 11 is 3.28. The molecule has 14 heavy (non-hydrogen) atoms. The van der Waals surface area contributed by atoms with Crippen molar-refractivity contribution < 1.29 is 18.9 Å². The number of ether oxygens (including phenoxy) is 4. The first-order valence-corrected chi connectivity index (χ1v) is 5.60. The van der Waals surface area contributed by atoms with E-state index < -0.39 is 0 Å². The molecule has 0 rings (SSSR count). The Bertz CT molecular complexity index is 121. The maximum atomic E-state index is 5.38. The molecule has 0 radical (unpaired) electrons. The molecule has 2 unspecified atom stereocenters. The van der Waals surface area contributed by atoms with Crippen LogP contribution in [0.2, 0.25) is 0 Å². The average Bonchev–Trinajstić information content (AvgIpc) is 2.14. The van der Waals surface area contributed by atoms with Gasteiger partial charge >= 0.3 is 0 Å². The second kappa shape index (κ2) is 9.86. The molecule has 2 atom stereocenters. The summed E-state index contributed by atoms with van der Waals surface area (Å²) in [5, 5.41) is 0.0106. The molecule has 0 saturated heterocycles. The molecule has 0 bridgehead atoms. The summed E-state index contributed by atoms with van der Waals surface area (Å²) in [6.07, 6.45) is -0.310. The van der Waals surface area contributed by atoms with E-state index in [1.807, 2.05) is 13.8 Å². The van der Waals surface area contributed by atoms with Crippen LogP contribution in [0, 0.1) is 0 Å². The number of halogens is 1. The minimum atomic E-state index is -0.310. The van der Waals surface area contributed by atoms with Crippen molar-refractivity contribution in [2.75, 3.05) is 33.5 Å². The van der Waals surface area contributed by atoms with Crippen molar-refractivity contribution in [2.45, 2.75) is 25.2 Å². The largest absolute Gasteiger partial charge is 0.382 e. The summed E-state index contributed by atoms with van der Waals surface area (Å²) in [6, 6.07) is 0. The lowest BCUT2D eigenvalue weighted by Crippen LogP contribution is -2.26. The Hall–Kier alpha value is 0.320. The lowest BCUT2D eigenvalue weighted by Gasteiger charge is -2.18. The van der Waals surface area contributed by atoms with E-state index in [1.54, 1.807) is 7.11 Å². The highest BCUT2D eigenvalue weighted by molar-refractivity contribution is 9.09. The van der Waals surface area contributed by atoms with Crippen molar-refractivity contribution in [3.8, 4) is 0 Å². The Morgan fingerprint density at radius 1 is 1.14 bits per heavy atom. The molecule has 4 nitrogen and oxygen atoms in total. The van der Waals surface area contributed by atoms with Crippen molar-refractivity contribution >= 4 is 15.9 Å². The van der Waals surface area contributed by atoms with Crippen LogP contribution in [0.25, 0.3) is 0 Å². The second-order valence-corrected chi connectivity index (χ2v) is 3.91. The highest BCUT2D eigenvalue weighted by Crippen LogP contribution is 2.03. The number of hydrogen-bond donors (Lipinski definition) is 0. The van der Waals surface area contributed by atoms with Gasteiger partial charge in [0.1, 0.15) is 5.01 Å². The van der Waals surface area contributed by atoms with Gasteiger partial charge < -0.3 is 18.9 Å². The van der Waals surface area contributed by atoms with Crippen LogP contribution < -0.4 is 0 Å². The first-order valence-electron chi connectivity index (χ1n) is 4.68. The molecular weight excluding hydrogens is 252 g/mol. The van der Waals surface area contributed by atoms with E-state index in [1.165, 1.54) is 0 Å². The van der Waals surface area contributed by atoms with Crippen molar-refractivity contribution in [3.05, 3.63) is 0 Å². The van der Waals surface area contributed by atoms with Gasteiger partial charge in [0.05, 0.1) is 19.8 Å². The van der Waals surface area contributed by atoms with E-state index >= 15 is 0 Å². The summed E-state index contributed by atoms with van der Waals surface area (Å²) in [7, 11) is 1.64. The maximum Gasteiger partial charge on any atom is 0.180 e. The maximum absolute atomic E-state index is 5.38. The number of hydrogen-bond acceptors (Lipinski definition) is 4. The van der Waals surface area contributed by atoms with Crippen LogP contribution in [0.15, 0.2) is 0 Å². The Morgan fingerprint density at radius 2 is 1.86 bits per heavy atom. The zero-order valence-electron chi connectivity index (χ0n) is 8.99. The summed E-state index contributed by atoms with van der Waals surface area (Å²) in [4.78, 5) is 0. The van der Waals surface area contributed by atoms with Crippen molar-refractivity contribution in [1.82, 2.24) is 0 Å². The Morgan fingerprint density at radius 3 is 2.36 bits per heavy atom. The Kier molecular flexibility index (Phi) is 10.1. The molecule has 0 aliphatic carbocycles. The molecule has 0 saturated carbocycles. The third-order valence-corrected chi connectivity index (χ3v) is 1.67. The van der Waals surface area contributed by atoms with Crippen LogP contribution in [-0.4, -0.2) is 44.8 Å². The lowest BCUT2D eigenvalue weighted by molar-refractivity contribution is -0.175. The van der Waals surface area contributed by atoms with E-state index in [0.29, 0.717) is 26.4 Å². The first kappa shape index (κ1) is 14.3. The first-order chi connectivity index (χ1) is 6.70. The Labute approximate surface area is 94.0 Å². The van der Waals surface area contributed by atoms with Crippen molar-refractivity contribution in [2.24, 2.45) is 0 Å². The molecule has 0 amide bonds. The highest BCUT2D eigenvalue weighted by Gasteiger charge is 2.09. The van der Waals surface area contributed by atoms with Gasteiger partial charge in [0.15, 0.2) is 6.29 Å². The zero-order valence-corrected chi connectivity index (χ0v) is 10.6. The molecule has 0 aromatic rings. The highest BCUT2D eigenvalue weighted by atomic mass is 79.9. The molecule has 0 aromatic heterocycles. The monoisotopic (exact) mass is 270 g/mol. The predicted molar refractivity (Wildman–Crippen MR) is 57.6 cm³/mol. The van der Waals surface area contributed by atoms with Crippen molar-refractivity contribution in [1.29, 1.82) is 0 Å². The van der Waals surface area contributed by atoms with Crippen molar-refractivity contribution in [3.63, 3.8) is 0 Å². The van der Waals surface area contributed by atoms with Gasteiger partial charge in [0.25, 0.3) is 0 Å². The SMILES string of the molecule is CCOC(COC(C)Br)OCCOC. The van der Waals surface area contributed by atoms with Gasteiger partial charge in [-0.05, 0) is 13.8 Å². The zero-order chi connectivity index (χ0) is 10.8. The topological polar surface area (TPSA) is 36.9 Å². The van der Waals surface area contributed by atoms with E-state index in [9.17, 15) is 0 Å². The number of alkyl halides is 1. The van der Waals surface area contributed by atoms with Gasteiger partial charge in [-0.1, -0.05) is 15.9 Å². The summed E-state index contributed by atoms with van der Waals surface area (Å²) in [6.45, 7) is 5.93. The predicted octanol–water partition coefficient (Wildman–Crippen LogP) is 1.77. The molecule has 0 fully saturated rings. The van der Waals surface area contributed by atoms with Gasteiger partial charge in [-0.15, -0.1) is 0 Å². The lowest BCUT2D eigenvalue weighted by atomic mass is 10.6. The van der Waals surface area contributed by atoms with Gasteiger partial charge in [-0.3, -0.25) is 0 Å². The third-order valence-electron chi connectivity index (χ3n) is 1.41. The Balaban J connectivity index is 3.54. The summed E-state index contributed by atoms with van der Waals surface area (Å²) < 4.78 is 20.9. The molecule has 0 aromatic carbocycles. The van der Waals surface area contributed by atoms with E-state index in [-0.39, 0.29) is 11.3 Å². The number of rotatable bonds is 9. The third kappa shape index (κ3) is 8.90.